The fourth-order valence-corrected chi connectivity index (χ4v) is 3.85. The molecule has 3 amide bonds. The van der Waals surface area contributed by atoms with Gasteiger partial charge in [0.05, 0.1) is 12.0 Å². The first kappa shape index (κ1) is 20.6. The van der Waals surface area contributed by atoms with E-state index < -0.39 is 11.9 Å². The van der Waals surface area contributed by atoms with E-state index in [2.05, 4.69) is 10.6 Å². The zero-order chi connectivity index (χ0) is 22.0. The maximum Gasteiger partial charge on any atom is 0.287 e. The van der Waals surface area contributed by atoms with Crippen LogP contribution in [0.2, 0.25) is 0 Å². The standard InChI is InChI=1S/C22H23N3O6/c1-13(23-21(28)18-3-2-10-30-18)22(29)25-8-6-14(7-9-25)20(27)15-4-5-17-16(11-15)24-19(26)12-31-17/h2-5,10-11,13-14H,6-9,12H2,1H3,(H,23,28)(H,24,26). The van der Waals surface area contributed by atoms with E-state index in [-0.39, 0.29) is 35.9 Å². The molecule has 1 atom stereocenters. The molecule has 2 aromatic rings. The highest BCUT2D eigenvalue weighted by atomic mass is 16.5. The first-order chi connectivity index (χ1) is 14.9. The molecule has 9 heteroatoms. The van der Waals surface area contributed by atoms with Gasteiger partial charge in [-0.05, 0) is 50.1 Å². The number of carbonyl (C=O) groups is 4. The highest BCUT2D eigenvalue weighted by molar-refractivity contribution is 6.02. The van der Waals surface area contributed by atoms with Crippen molar-refractivity contribution in [3.63, 3.8) is 0 Å². The van der Waals surface area contributed by atoms with Crippen LogP contribution in [0.1, 0.15) is 40.7 Å². The van der Waals surface area contributed by atoms with Crippen LogP contribution in [0.3, 0.4) is 0 Å². The van der Waals surface area contributed by atoms with Crippen LogP contribution in [-0.2, 0) is 9.59 Å². The molecule has 31 heavy (non-hydrogen) atoms. The third kappa shape index (κ3) is 4.45. The van der Waals surface area contributed by atoms with Crippen molar-refractivity contribution in [3.05, 3.63) is 47.9 Å². The number of nitrogens with zero attached hydrogens (tertiary/aromatic N) is 1. The van der Waals surface area contributed by atoms with Crippen molar-refractivity contribution in [2.45, 2.75) is 25.8 Å². The third-order valence-electron chi connectivity index (χ3n) is 5.54. The number of fused-ring (bicyclic) bond motifs is 1. The van der Waals surface area contributed by atoms with Gasteiger partial charge in [-0.2, -0.15) is 0 Å². The number of carbonyl (C=O) groups excluding carboxylic acids is 4. The first-order valence-corrected chi connectivity index (χ1v) is 10.2. The van der Waals surface area contributed by atoms with Crippen LogP contribution < -0.4 is 15.4 Å². The fraction of sp³-hybridized carbons (Fsp3) is 0.364. The predicted molar refractivity (Wildman–Crippen MR) is 110 cm³/mol. The molecule has 0 spiro atoms. The van der Waals surface area contributed by atoms with Crippen LogP contribution in [0.5, 0.6) is 5.75 Å². The van der Waals surface area contributed by atoms with Gasteiger partial charge in [0.1, 0.15) is 11.8 Å². The zero-order valence-electron chi connectivity index (χ0n) is 17.1. The molecule has 2 N–H and O–H groups in total. The molecule has 0 radical (unpaired) electrons. The minimum absolute atomic E-state index is 0.0195. The number of nitrogens with one attached hydrogen (secondary N) is 2. The molecule has 0 aliphatic carbocycles. The number of piperidine rings is 1. The lowest BCUT2D eigenvalue weighted by molar-refractivity contribution is -0.134. The second-order valence-corrected chi connectivity index (χ2v) is 7.68. The van der Waals surface area contributed by atoms with Crippen LogP contribution in [0, 0.1) is 5.92 Å². The van der Waals surface area contributed by atoms with E-state index in [9.17, 15) is 19.2 Å². The van der Waals surface area contributed by atoms with Gasteiger partial charge in [0.25, 0.3) is 11.8 Å². The maximum atomic E-state index is 12.9. The summed E-state index contributed by atoms with van der Waals surface area (Å²) in [6.45, 7) is 2.46. The number of ketones is 1. The van der Waals surface area contributed by atoms with Crippen LogP contribution in [0.4, 0.5) is 5.69 Å². The molecule has 1 aromatic heterocycles. The lowest BCUT2D eigenvalue weighted by Gasteiger charge is -2.33. The molecule has 9 nitrogen and oxygen atoms in total. The number of anilines is 1. The molecule has 1 fully saturated rings. The molecule has 0 saturated carbocycles. The number of amides is 3. The average molecular weight is 425 g/mol. The smallest absolute Gasteiger partial charge is 0.287 e. The van der Waals surface area contributed by atoms with Crippen LogP contribution >= 0.6 is 0 Å². The molecule has 0 bridgehead atoms. The summed E-state index contributed by atoms with van der Waals surface area (Å²) in [6.07, 6.45) is 2.46. The fourth-order valence-electron chi connectivity index (χ4n) is 3.85. The van der Waals surface area contributed by atoms with Crippen molar-refractivity contribution in [2.75, 3.05) is 25.0 Å². The number of benzene rings is 1. The number of likely N-dealkylation sites (tertiary alicyclic amines) is 1. The van der Waals surface area contributed by atoms with Gasteiger partial charge < -0.3 is 24.7 Å². The Morgan fingerprint density at radius 1 is 1.19 bits per heavy atom. The van der Waals surface area contributed by atoms with Crippen molar-refractivity contribution >= 4 is 29.2 Å². The number of rotatable bonds is 5. The van der Waals surface area contributed by atoms with E-state index in [0.29, 0.717) is 42.9 Å². The van der Waals surface area contributed by atoms with Crippen LogP contribution in [0.15, 0.2) is 41.0 Å². The molecule has 3 heterocycles. The summed E-state index contributed by atoms with van der Waals surface area (Å²) in [5.74, 6) is -0.432. The Morgan fingerprint density at radius 3 is 2.68 bits per heavy atom. The Bertz CT molecular complexity index is 1010. The molecular weight excluding hydrogens is 402 g/mol. The Hall–Kier alpha value is -3.62. The summed E-state index contributed by atoms with van der Waals surface area (Å²) in [7, 11) is 0. The molecule has 2 aliphatic heterocycles. The van der Waals surface area contributed by atoms with Crippen molar-refractivity contribution in [1.82, 2.24) is 10.2 Å². The Morgan fingerprint density at radius 2 is 1.97 bits per heavy atom. The van der Waals surface area contributed by atoms with E-state index in [1.807, 2.05) is 0 Å². The number of furan rings is 1. The van der Waals surface area contributed by atoms with Crippen LogP contribution in [0.25, 0.3) is 0 Å². The van der Waals surface area contributed by atoms with Gasteiger partial charge in [0.2, 0.25) is 5.91 Å². The Kier molecular flexibility index (Phi) is 5.75. The van der Waals surface area contributed by atoms with Crippen molar-refractivity contribution in [3.8, 4) is 5.75 Å². The SMILES string of the molecule is CC(NC(=O)c1ccco1)C(=O)N1CCC(C(=O)c2ccc3c(c2)NC(=O)CO3)CC1. The lowest BCUT2D eigenvalue weighted by Crippen LogP contribution is -2.49. The first-order valence-electron chi connectivity index (χ1n) is 10.2. The summed E-state index contributed by atoms with van der Waals surface area (Å²) in [5.41, 5.74) is 1.00. The van der Waals surface area contributed by atoms with E-state index >= 15 is 0 Å². The quantitative estimate of drug-likeness (QED) is 0.706. The number of Topliss-reactive ketones (excluding diaryl/α,β-unsaturated/α-hetero) is 1. The number of hydrogen-bond donors (Lipinski definition) is 2. The van der Waals surface area contributed by atoms with E-state index in [1.54, 1.807) is 36.1 Å². The average Bonchev–Trinajstić information content (AvgIpc) is 3.33. The molecule has 2 aliphatic rings. The van der Waals surface area contributed by atoms with Gasteiger partial charge in [-0.25, -0.2) is 0 Å². The maximum absolute atomic E-state index is 12.9. The highest BCUT2D eigenvalue weighted by Gasteiger charge is 2.31. The topological polar surface area (TPSA) is 118 Å². The molecular formula is C22H23N3O6. The zero-order valence-corrected chi connectivity index (χ0v) is 17.1. The number of ether oxygens (including phenoxy) is 1. The predicted octanol–water partition coefficient (Wildman–Crippen LogP) is 1.85. The monoisotopic (exact) mass is 425 g/mol. The van der Waals surface area contributed by atoms with Crippen molar-refractivity contribution < 1.29 is 28.3 Å². The Balaban J connectivity index is 1.32. The van der Waals surface area contributed by atoms with E-state index in [1.165, 1.54) is 12.3 Å². The normalized spacial score (nSPS) is 17.2. The van der Waals surface area contributed by atoms with Crippen molar-refractivity contribution in [2.24, 2.45) is 5.92 Å². The van der Waals surface area contributed by atoms with Gasteiger partial charge in [-0.3, -0.25) is 19.2 Å². The third-order valence-corrected chi connectivity index (χ3v) is 5.54. The van der Waals surface area contributed by atoms with E-state index in [0.717, 1.165) is 0 Å². The molecule has 4 rings (SSSR count). The summed E-state index contributed by atoms with van der Waals surface area (Å²) in [6, 6.07) is 7.45. The summed E-state index contributed by atoms with van der Waals surface area (Å²) >= 11 is 0. The van der Waals surface area contributed by atoms with Gasteiger partial charge in [-0.1, -0.05) is 0 Å². The molecule has 162 valence electrons. The van der Waals surface area contributed by atoms with Crippen molar-refractivity contribution in [1.29, 1.82) is 0 Å². The second kappa shape index (κ2) is 8.63. The van der Waals surface area contributed by atoms with Gasteiger partial charge in [-0.15, -0.1) is 0 Å². The second-order valence-electron chi connectivity index (χ2n) is 7.68. The van der Waals surface area contributed by atoms with Gasteiger partial charge in [0, 0.05) is 24.6 Å². The Labute approximate surface area is 178 Å². The summed E-state index contributed by atoms with van der Waals surface area (Å²) in [5, 5.41) is 5.34. The van der Waals surface area contributed by atoms with E-state index in [4.69, 9.17) is 9.15 Å². The molecule has 1 unspecified atom stereocenters. The van der Waals surface area contributed by atoms with Crippen LogP contribution in [-0.4, -0.2) is 54.1 Å². The summed E-state index contributed by atoms with van der Waals surface area (Å²) in [4.78, 5) is 50.9. The lowest BCUT2D eigenvalue weighted by atomic mass is 9.88. The number of hydrogen-bond acceptors (Lipinski definition) is 6. The van der Waals surface area contributed by atoms with Gasteiger partial charge in [0.15, 0.2) is 18.2 Å². The molecule has 1 aromatic carbocycles. The highest BCUT2D eigenvalue weighted by Crippen LogP contribution is 2.30. The van der Waals surface area contributed by atoms with Gasteiger partial charge >= 0.3 is 0 Å². The molecule has 1 saturated heterocycles. The summed E-state index contributed by atoms with van der Waals surface area (Å²) < 4.78 is 10.4. The minimum atomic E-state index is -0.700. The minimum Gasteiger partial charge on any atom is -0.482 e. The largest absolute Gasteiger partial charge is 0.482 e.